The van der Waals surface area contributed by atoms with Gasteiger partial charge in [0.25, 0.3) is 0 Å². The fourth-order valence-electron chi connectivity index (χ4n) is 3.98. The van der Waals surface area contributed by atoms with Crippen molar-refractivity contribution in [3.8, 4) is 5.75 Å². The number of piperidine rings is 1. The van der Waals surface area contributed by atoms with Crippen molar-refractivity contribution in [3.63, 3.8) is 0 Å². The summed E-state index contributed by atoms with van der Waals surface area (Å²) in [7, 11) is 1.77. The molecule has 0 spiro atoms. The first-order valence-corrected chi connectivity index (χ1v) is 10.5. The lowest BCUT2D eigenvalue weighted by atomic mass is 10.0. The van der Waals surface area contributed by atoms with Crippen LogP contribution in [0.5, 0.6) is 5.75 Å². The molecule has 1 fully saturated rings. The average molecular weight is 405 g/mol. The van der Waals surface area contributed by atoms with Gasteiger partial charge in [0.15, 0.2) is 0 Å². The Hall–Kier alpha value is -3.05. The minimum absolute atomic E-state index is 0.741. The van der Waals surface area contributed by atoms with Crippen molar-refractivity contribution in [1.29, 1.82) is 5.41 Å². The number of rotatable bonds is 5. The number of hydrogen-bond acceptors (Lipinski definition) is 4. The zero-order valence-corrected chi connectivity index (χ0v) is 17.9. The van der Waals surface area contributed by atoms with E-state index in [-0.39, 0.29) is 0 Å². The van der Waals surface area contributed by atoms with Crippen LogP contribution in [0.1, 0.15) is 36.0 Å². The molecule has 0 amide bonds. The molecule has 30 heavy (non-hydrogen) atoms. The van der Waals surface area contributed by atoms with Gasteiger partial charge in [-0.15, -0.1) is 0 Å². The Morgan fingerprint density at radius 1 is 1.17 bits per heavy atom. The highest BCUT2D eigenvalue weighted by Crippen LogP contribution is 2.32. The predicted octanol–water partition coefficient (Wildman–Crippen LogP) is 5.11. The van der Waals surface area contributed by atoms with E-state index in [1.165, 1.54) is 66.8 Å². The fourth-order valence-corrected chi connectivity index (χ4v) is 3.98. The first-order valence-electron chi connectivity index (χ1n) is 10.5. The molecule has 0 unspecified atom stereocenters. The fraction of sp³-hybridized carbons (Fsp3) is 0.320. The van der Waals surface area contributed by atoms with E-state index in [2.05, 4.69) is 28.9 Å². The quantitative estimate of drug-likeness (QED) is 0.517. The Bertz CT molecular complexity index is 985. The van der Waals surface area contributed by atoms with Crippen molar-refractivity contribution in [2.45, 2.75) is 32.7 Å². The third-order valence-corrected chi connectivity index (χ3v) is 5.60. The molecule has 1 aromatic heterocycles. The molecular weight excluding hydrogens is 372 g/mol. The van der Waals surface area contributed by atoms with Crippen LogP contribution in [-0.2, 0) is 6.54 Å². The van der Waals surface area contributed by atoms with Crippen molar-refractivity contribution in [2.24, 2.45) is 5.73 Å². The van der Waals surface area contributed by atoms with E-state index in [4.69, 9.17) is 15.9 Å². The number of nitrogens with zero attached hydrogens (tertiary/aromatic N) is 1. The van der Waals surface area contributed by atoms with Gasteiger partial charge in [0, 0.05) is 47.2 Å². The largest absolute Gasteiger partial charge is 0.496 e. The van der Waals surface area contributed by atoms with Gasteiger partial charge in [0.1, 0.15) is 5.75 Å². The molecule has 0 radical (unpaired) electrons. The molecule has 0 saturated carbocycles. The molecule has 3 aromatic rings. The minimum Gasteiger partial charge on any atom is -0.496 e. The zero-order chi connectivity index (χ0) is 21.3. The number of aromatic amines is 1. The van der Waals surface area contributed by atoms with Crippen LogP contribution in [0.3, 0.4) is 0 Å². The number of allylic oxidation sites excluding steroid dienone is 1. The molecule has 5 heteroatoms. The van der Waals surface area contributed by atoms with Gasteiger partial charge in [-0.3, -0.25) is 4.90 Å². The number of H-pyrrole nitrogens is 1. The third kappa shape index (κ3) is 5.10. The molecule has 1 aliphatic rings. The van der Waals surface area contributed by atoms with Crippen LogP contribution in [0, 0.1) is 12.3 Å². The Morgan fingerprint density at radius 2 is 1.90 bits per heavy atom. The average Bonchev–Trinajstić information content (AvgIpc) is 3.29. The third-order valence-electron chi connectivity index (χ3n) is 5.60. The Morgan fingerprint density at radius 3 is 2.53 bits per heavy atom. The number of nitrogens with two attached hydrogens (primary N) is 1. The topological polar surface area (TPSA) is 78.1 Å². The Labute approximate surface area is 179 Å². The van der Waals surface area contributed by atoms with Crippen molar-refractivity contribution in [2.75, 3.05) is 20.2 Å². The van der Waals surface area contributed by atoms with Gasteiger partial charge in [-0.1, -0.05) is 36.8 Å². The van der Waals surface area contributed by atoms with Crippen molar-refractivity contribution in [1.82, 2.24) is 9.88 Å². The molecule has 5 nitrogen and oxygen atoms in total. The summed E-state index contributed by atoms with van der Waals surface area (Å²) in [5, 5.41) is 8.33. The maximum absolute atomic E-state index is 7.02. The molecule has 2 heterocycles. The predicted molar refractivity (Wildman–Crippen MR) is 126 cm³/mol. The van der Waals surface area contributed by atoms with Crippen LogP contribution in [0.4, 0.5) is 0 Å². The van der Waals surface area contributed by atoms with Gasteiger partial charge in [0.2, 0.25) is 0 Å². The summed E-state index contributed by atoms with van der Waals surface area (Å²) >= 11 is 0. The highest BCUT2D eigenvalue weighted by atomic mass is 16.5. The number of ether oxygens (including phenoxy) is 1. The Balaban J connectivity index is 0.000000199. The molecule has 1 saturated heterocycles. The monoisotopic (exact) mass is 404 g/mol. The van der Waals surface area contributed by atoms with E-state index in [0.29, 0.717) is 0 Å². The molecule has 1 aliphatic heterocycles. The molecule has 4 N–H and O–H groups in total. The SMILES string of the molecule is COc1cc(C)c2[nH]ccc2c1CN1CCCCC1.N=C/C(=C\N)c1ccccc1. The van der Waals surface area contributed by atoms with Crippen LogP contribution in [0.25, 0.3) is 16.5 Å². The van der Waals surface area contributed by atoms with Gasteiger partial charge in [-0.2, -0.15) is 0 Å². The van der Waals surface area contributed by atoms with Gasteiger partial charge < -0.3 is 20.9 Å². The summed E-state index contributed by atoms with van der Waals surface area (Å²) in [4.78, 5) is 5.89. The standard InChI is InChI=1S/C16H22N2O.C9H10N2/c1-12-10-15(19-2)14(13-6-7-17-16(12)13)11-18-8-4-3-5-9-18;10-6-9(7-11)8-4-2-1-3-5-8/h6-7,10,17H,3-5,8-9,11H2,1-2H3;1-7,10H,11H2/b;9-7+,10-6?. The smallest absolute Gasteiger partial charge is 0.124 e. The number of fused-ring (bicyclic) bond motifs is 1. The van der Waals surface area contributed by atoms with Crippen LogP contribution in [0.2, 0.25) is 0 Å². The Kier molecular flexibility index (Phi) is 7.69. The molecule has 2 aromatic carbocycles. The molecular formula is C25H32N4O. The summed E-state index contributed by atoms with van der Waals surface area (Å²) in [6, 6.07) is 13.9. The highest BCUT2D eigenvalue weighted by molar-refractivity contribution is 6.08. The summed E-state index contributed by atoms with van der Waals surface area (Å²) in [5.41, 5.74) is 10.8. The normalized spacial score (nSPS) is 14.8. The second kappa shape index (κ2) is 10.6. The van der Waals surface area contributed by atoms with E-state index in [1.807, 2.05) is 36.5 Å². The first-order chi connectivity index (χ1) is 14.7. The minimum atomic E-state index is 0.741. The molecule has 0 aliphatic carbocycles. The van der Waals surface area contributed by atoms with E-state index in [0.717, 1.165) is 23.4 Å². The summed E-state index contributed by atoms with van der Waals surface area (Å²) in [5.74, 6) is 1.02. The number of methoxy groups -OCH3 is 1. The van der Waals surface area contributed by atoms with E-state index in [9.17, 15) is 0 Å². The molecule has 158 valence electrons. The second-order valence-electron chi connectivity index (χ2n) is 7.61. The maximum atomic E-state index is 7.02. The number of nitrogens with one attached hydrogen (secondary N) is 2. The van der Waals surface area contributed by atoms with Crippen molar-refractivity contribution < 1.29 is 4.74 Å². The molecule has 0 atom stereocenters. The van der Waals surface area contributed by atoms with Gasteiger partial charge in [0.05, 0.1) is 7.11 Å². The highest BCUT2D eigenvalue weighted by Gasteiger charge is 2.17. The number of likely N-dealkylation sites (tertiary alicyclic amines) is 1. The summed E-state index contributed by atoms with van der Waals surface area (Å²) < 4.78 is 5.60. The number of aryl methyl sites for hydroxylation is 1. The lowest BCUT2D eigenvalue weighted by Gasteiger charge is -2.27. The zero-order valence-electron chi connectivity index (χ0n) is 17.9. The van der Waals surface area contributed by atoms with Gasteiger partial charge >= 0.3 is 0 Å². The number of hydrogen-bond donors (Lipinski definition) is 3. The van der Waals surface area contributed by atoms with E-state index >= 15 is 0 Å². The molecule has 0 bridgehead atoms. The maximum Gasteiger partial charge on any atom is 0.124 e. The van der Waals surface area contributed by atoms with Crippen molar-refractivity contribution in [3.05, 3.63) is 71.6 Å². The van der Waals surface area contributed by atoms with Crippen LogP contribution in [0.15, 0.2) is 54.9 Å². The van der Waals surface area contributed by atoms with Gasteiger partial charge in [-0.25, -0.2) is 0 Å². The van der Waals surface area contributed by atoms with Crippen molar-refractivity contribution >= 4 is 22.7 Å². The second-order valence-corrected chi connectivity index (χ2v) is 7.61. The summed E-state index contributed by atoms with van der Waals surface area (Å²) in [6.07, 6.45) is 8.73. The first kappa shape index (κ1) is 21.7. The lowest BCUT2D eigenvalue weighted by molar-refractivity contribution is 0.219. The number of benzene rings is 2. The molecule has 4 rings (SSSR count). The van der Waals surface area contributed by atoms with E-state index < -0.39 is 0 Å². The number of aromatic nitrogens is 1. The van der Waals surface area contributed by atoms with Crippen LogP contribution < -0.4 is 10.5 Å². The van der Waals surface area contributed by atoms with E-state index in [1.54, 1.807) is 7.11 Å². The van der Waals surface area contributed by atoms with Gasteiger partial charge in [-0.05, 0) is 56.1 Å². The summed E-state index contributed by atoms with van der Waals surface area (Å²) in [6.45, 7) is 5.55. The van der Waals surface area contributed by atoms with Crippen LogP contribution in [-0.4, -0.2) is 36.3 Å². The lowest BCUT2D eigenvalue weighted by Crippen LogP contribution is -2.29. The van der Waals surface area contributed by atoms with Crippen LogP contribution >= 0.6 is 0 Å².